The molecule has 3 N–H and O–H groups in total. The van der Waals surface area contributed by atoms with Gasteiger partial charge in [-0.25, -0.2) is 4.79 Å². The van der Waals surface area contributed by atoms with E-state index in [1.54, 1.807) is 32.0 Å². The first-order valence-electron chi connectivity index (χ1n) is 6.01. The van der Waals surface area contributed by atoms with Gasteiger partial charge in [-0.15, -0.1) is 0 Å². The third-order valence-electron chi connectivity index (χ3n) is 2.35. The van der Waals surface area contributed by atoms with Crippen LogP contribution < -0.4 is 15.4 Å². The van der Waals surface area contributed by atoms with E-state index >= 15 is 0 Å². The Morgan fingerprint density at radius 3 is 2.74 bits per heavy atom. The van der Waals surface area contributed by atoms with E-state index < -0.39 is 11.6 Å². The van der Waals surface area contributed by atoms with Gasteiger partial charge in [0.15, 0.2) is 5.75 Å². The van der Waals surface area contributed by atoms with Gasteiger partial charge >= 0.3 is 6.03 Å². The van der Waals surface area contributed by atoms with Gasteiger partial charge in [0, 0.05) is 0 Å². The maximum atomic E-state index is 11.8. The summed E-state index contributed by atoms with van der Waals surface area (Å²) in [4.78, 5) is 11.8. The summed E-state index contributed by atoms with van der Waals surface area (Å²) in [5, 5.41) is 14.8. The molecule has 1 rings (SSSR count). The van der Waals surface area contributed by atoms with Crippen molar-refractivity contribution in [2.45, 2.75) is 26.3 Å². The van der Waals surface area contributed by atoms with Gasteiger partial charge in [-0.2, -0.15) is 0 Å². The SMILES string of the molecule is CCOc1c(Cl)cccc1NC(=O)NC(C)(C)CO. The largest absolute Gasteiger partial charge is 0.490 e. The molecular weight excluding hydrogens is 268 g/mol. The number of halogens is 1. The lowest BCUT2D eigenvalue weighted by Crippen LogP contribution is -2.48. The van der Waals surface area contributed by atoms with Crippen LogP contribution in [0, 0.1) is 0 Å². The molecule has 0 spiro atoms. The number of benzene rings is 1. The molecule has 0 fully saturated rings. The summed E-state index contributed by atoms with van der Waals surface area (Å²) in [5.74, 6) is 0.434. The van der Waals surface area contributed by atoms with Crippen molar-refractivity contribution in [1.82, 2.24) is 5.32 Å². The number of rotatable bonds is 5. The molecule has 1 aromatic carbocycles. The van der Waals surface area contributed by atoms with Crippen molar-refractivity contribution in [2.75, 3.05) is 18.5 Å². The molecule has 0 saturated heterocycles. The Bertz CT molecular complexity index is 450. The Kier molecular flexibility index (Phi) is 5.44. The molecule has 5 nitrogen and oxygen atoms in total. The molecule has 1 aromatic rings. The van der Waals surface area contributed by atoms with Crippen LogP contribution in [0.3, 0.4) is 0 Å². The Labute approximate surface area is 117 Å². The zero-order valence-electron chi connectivity index (χ0n) is 11.3. The number of hydrogen-bond acceptors (Lipinski definition) is 3. The number of aliphatic hydroxyl groups is 1. The van der Waals surface area contributed by atoms with Gasteiger partial charge in [0.2, 0.25) is 0 Å². The van der Waals surface area contributed by atoms with Gasteiger partial charge in [0.1, 0.15) is 0 Å². The Morgan fingerprint density at radius 1 is 1.47 bits per heavy atom. The number of ether oxygens (including phenoxy) is 1. The highest BCUT2D eigenvalue weighted by Crippen LogP contribution is 2.32. The predicted molar refractivity (Wildman–Crippen MR) is 75.9 cm³/mol. The van der Waals surface area contributed by atoms with Gasteiger partial charge < -0.3 is 20.5 Å². The quantitative estimate of drug-likeness (QED) is 0.779. The number of anilines is 1. The standard InChI is InChI=1S/C13H19ClN2O3/c1-4-19-11-9(14)6-5-7-10(11)15-12(18)16-13(2,3)8-17/h5-7,17H,4,8H2,1-3H3,(H2,15,16,18). The molecule has 0 aromatic heterocycles. The zero-order valence-corrected chi connectivity index (χ0v) is 12.0. The Morgan fingerprint density at radius 2 is 2.16 bits per heavy atom. The average molecular weight is 287 g/mol. The third kappa shape index (κ3) is 4.61. The molecule has 0 aliphatic rings. The monoisotopic (exact) mass is 286 g/mol. The van der Waals surface area contributed by atoms with Crippen LogP contribution in [0.25, 0.3) is 0 Å². The molecule has 19 heavy (non-hydrogen) atoms. The van der Waals surface area contributed by atoms with Crippen molar-refractivity contribution < 1.29 is 14.6 Å². The average Bonchev–Trinajstić information content (AvgIpc) is 2.33. The molecule has 106 valence electrons. The minimum atomic E-state index is -0.700. The number of para-hydroxylation sites is 1. The number of aliphatic hydroxyl groups excluding tert-OH is 1. The lowest BCUT2D eigenvalue weighted by molar-refractivity contribution is 0.187. The minimum absolute atomic E-state index is 0.158. The van der Waals surface area contributed by atoms with Gasteiger partial charge in [0.25, 0.3) is 0 Å². The first kappa shape index (κ1) is 15.6. The Balaban J connectivity index is 2.82. The van der Waals surface area contributed by atoms with E-state index in [9.17, 15) is 4.79 Å². The van der Waals surface area contributed by atoms with E-state index in [4.69, 9.17) is 21.4 Å². The van der Waals surface area contributed by atoms with E-state index in [2.05, 4.69) is 10.6 Å². The van der Waals surface area contributed by atoms with E-state index in [1.165, 1.54) is 0 Å². The second-order valence-corrected chi connectivity index (χ2v) is 5.08. The van der Waals surface area contributed by atoms with E-state index in [0.29, 0.717) is 23.1 Å². The molecular formula is C13H19ClN2O3. The van der Waals surface area contributed by atoms with Crippen LogP contribution >= 0.6 is 11.6 Å². The van der Waals surface area contributed by atoms with Crippen LogP contribution in [-0.2, 0) is 0 Å². The van der Waals surface area contributed by atoms with E-state index in [0.717, 1.165) is 0 Å². The van der Waals surface area contributed by atoms with Crippen molar-refractivity contribution in [3.8, 4) is 5.75 Å². The molecule has 6 heteroatoms. The lowest BCUT2D eigenvalue weighted by Gasteiger charge is -2.24. The lowest BCUT2D eigenvalue weighted by atomic mass is 10.1. The number of hydrogen-bond donors (Lipinski definition) is 3. The topological polar surface area (TPSA) is 70.6 Å². The summed E-state index contributed by atoms with van der Waals surface area (Å²) >= 11 is 6.02. The summed E-state index contributed by atoms with van der Waals surface area (Å²) in [6.45, 7) is 5.56. The second-order valence-electron chi connectivity index (χ2n) is 4.67. The molecule has 0 radical (unpaired) electrons. The smallest absolute Gasteiger partial charge is 0.319 e. The summed E-state index contributed by atoms with van der Waals surface area (Å²) in [6, 6.07) is 4.68. The normalized spacial score (nSPS) is 11.0. The fraction of sp³-hybridized carbons (Fsp3) is 0.462. The molecule has 0 unspecified atom stereocenters. The summed E-state index contributed by atoms with van der Waals surface area (Å²) < 4.78 is 5.40. The molecule has 0 aliphatic heterocycles. The van der Waals surface area contributed by atoms with Crippen molar-refractivity contribution in [2.24, 2.45) is 0 Å². The third-order valence-corrected chi connectivity index (χ3v) is 2.65. The van der Waals surface area contributed by atoms with E-state index in [-0.39, 0.29) is 6.61 Å². The van der Waals surface area contributed by atoms with Crippen molar-refractivity contribution in [3.05, 3.63) is 23.2 Å². The first-order valence-corrected chi connectivity index (χ1v) is 6.38. The van der Waals surface area contributed by atoms with Crippen molar-refractivity contribution in [1.29, 1.82) is 0 Å². The van der Waals surface area contributed by atoms with Crippen LogP contribution in [-0.4, -0.2) is 29.9 Å². The van der Waals surface area contributed by atoms with E-state index in [1.807, 2.05) is 6.92 Å². The highest BCUT2D eigenvalue weighted by atomic mass is 35.5. The zero-order chi connectivity index (χ0) is 14.5. The van der Waals surface area contributed by atoms with Crippen molar-refractivity contribution in [3.63, 3.8) is 0 Å². The van der Waals surface area contributed by atoms with Gasteiger partial charge in [0.05, 0.1) is 29.5 Å². The number of amides is 2. The maximum Gasteiger partial charge on any atom is 0.319 e. The summed E-state index contributed by atoms with van der Waals surface area (Å²) in [6.07, 6.45) is 0. The van der Waals surface area contributed by atoms with Crippen LogP contribution in [0.2, 0.25) is 5.02 Å². The minimum Gasteiger partial charge on any atom is -0.490 e. The van der Waals surface area contributed by atoms with Crippen LogP contribution in [0.15, 0.2) is 18.2 Å². The van der Waals surface area contributed by atoms with Gasteiger partial charge in [-0.3, -0.25) is 0 Å². The first-order chi connectivity index (χ1) is 8.89. The maximum absolute atomic E-state index is 11.8. The fourth-order valence-electron chi connectivity index (χ4n) is 1.40. The number of carbonyl (C=O) groups is 1. The second kappa shape index (κ2) is 6.63. The highest BCUT2D eigenvalue weighted by molar-refractivity contribution is 6.32. The molecule has 0 saturated carbocycles. The molecule has 0 bridgehead atoms. The molecule has 0 atom stereocenters. The van der Waals surface area contributed by atoms with Gasteiger partial charge in [-0.1, -0.05) is 17.7 Å². The fourth-order valence-corrected chi connectivity index (χ4v) is 1.63. The van der Waals surface area contributed by atoms with Gasteiger partial charge in [-0.05, 0) is 32.9 Å². The summed E-state index contributed by atoms with van der Waals surface area (Å²) in [5.41, 5.74) is -0.213. The summed E-state index contributed by atoms with van der Waals surface area (Å²) in [7, 11) is 0. The number of urea groups is 1. The van der Waals surface area contributed by atoms with Crippen LogP contribution in [0.5, 0.6) is 5.75 Å². The Hall–Kier alpha value is -1.46. The van der Waals surface area contributed by atoms with Crippen LogP contribution in [0.4, 0.5) is 10.5 Å². The van der Waals surface area contributed by atoms with Crippen LogP contribution in [0.1, 0.15) is 20.8 Å². The molecule has 0 aliphatic carbocycles. The highest BCUT2D eigenvalue weighted by Gasteiger charge is 2.20. The predicted octanol–water partition coefficient (Wildman–Crippen LogP) is 2.63. The molecule has 0 heterocycles. The number of carbonyl (C=O) groups excluding carboxylic acids is 1. The number of nitrogens with one attached hydrogen (secondary N) is 2. The van der Waals surface area contributed by atoms with Crippen molar-refractivity contribution >= 4 is 23.3 Å². The molecule has 2 amide bonds.